The number of nitrogens with zero attached hydrogens (tertiary/aromatic N) is 2. The van der Waals surface area contributed by atoms with Crippen LogP contribution in [0.5, 0.6) is 0 Å². The van der Waals surface area contributed by atoms with Crippen LogP contribution in [-0.2, 0) is 13.1 Å². The van der Waals surface area contributed by atoms with Gasteiger partial charge in [0.1, 0.15) is 5.82 Å². The van der Waals surface area contributed by atoms with Crippen LogP contribution in [0, 0.1) is 5.82 Å². The molecule has 1 heterocycles. The first-order chi connectivity index (χ1) is 8.20. The second-order valence-electron chi connectivity index (χ2n) is 3.66. The summed E-state index contributed by atoms with van der Waals surface area (Å²) in [5.41, 5.74) is 6.19. The van der Waals surface area contributed by atoms with Crippen molar-refractivity contribution >= 4 is 0 Å². The molecule has 1 aromatic carbocycles. The molecule has 0 unspecified atom stereocenters. The second kappa shape index (κ2) is 4.88. The maximum atomic E-state index is 13.7. The fourth-order valence-corrected chi connectivity index (χ4v) is 1.54. The Hall–Kier alpha value is -2.01. The van der Waals surface area contributed by atoms with Crippen molar-refractivity contribution in [2.75, 3.05) is 0 Å². The molecule has 2 aromatic rings. The molecule has 0 amide bonds. The van der Waals surface area contributed by atoms with Crippen molar-refractivity contribution in [2.45, 2.75) is 13.1 Å². The molecule has 88 valence electrons. The molecule has 5 heteroatoms. The largest absolute Gasteiger partial charge is 0.347 e. The van der Waals surface area contributed by atoms with Gasteiger partial charge < -0.3 is 5.73 Å². The van der Waals surface area contributed by atoms with Gasteiger partial charge in [-0.3, -0.25) is 4.57 Å². The normalized spacial score (nSPS) is 10.5. The van der Waals surface area contributed by atoms with Crippen LogP contribution < -0.4 is 11.4 Å². The maximum Gasteiger partial charge on any atom is 0.347 e. The Balaban J connectivity index is 2.31. The molecule has 0 aliphatic heterocycles. The fraction of sp³-hybridized carbons (Fsp3) is 0.167. The predicted molar refractivity (Wildman–Crippen MR) is 61.9 cm³/mol. The van der Waals surface area contributed by atoms with Gasteiger partial charge in [-0.1, -0.05) is 12.1 Å². The first-order valence-electron chi connectivity index (χ1n) is 5.19. The Morgan fingerprint density at radius 1 is 1.41 bits per heavy atom. The van der Waals surface area contributed by atoms with Crippen molar-refractivity contribution < 1.29 is 4.39 Å². The van der Waals surface area contributed by atoms with E-state index in [1.54, 1.807) is 24.4 Å². The average molecular weight is 233 g/mol. The summed E-state index contributed by atoms with van der Waals surface area (Å²) >= 11 is 0. The lowest BCUT2D eigenvalue weighted by atomic mass is 10.1. The molecule has 0 atom stereocenters. The highest BCUT2D eigenvalue weighted by Gasteiger charge is 2.05. The van der Waals surface area contributed by atoms with Crippen molar-refractivity contribution in [3.8, 4) is 0 Å². The van der Waals surface area contributed by atoms with E-state index < -0.39 is 5.69 Å². The summed E-state index contributed by atoms with van der Waals surface area (Å²) in [5.74, 6) is -0.358. The number of rotatable bonds is 3. The minimum atomic E-state index is -0.394. The van der Waals surface area contributed by atoms with E-state index in [0.29, 0.717) is 12.1 Å². The molecule has 0 bridgehead atoms. The van der Waals surface area contributed by atoms with Crippen LogP contribution in [0.1, 0.15) is 11.1 Å². The number of aromatic nitrogens is 2. The highest BCUT2D eigenvalue weighted by atomic mass is 19.1. The van der Waals surface area contributed by atoms with Gasteiger partial charge in [-0.15, -0.1) is 0 Å². The first-order valence-corrected chi connectivity index (χ1v) is 5.19. The van der Waals surface area contributed by atoms with Gasteiger partial charge in [0.15, 0.2) is 0 Å². The summed E-state index contributed by atoms with van der Waals surface area (Å²) in [7, 11) is 0. The number of nitrogens with two attached hydrogens (primary N) is 1. The minimum absolute atomic E-state index is 0.170. The number of hydrogen-bond acceptors (Lipinski definition) is 3. The fourth-order valence-electron chi connectivity index (χ4n) is 1.54. The molecule has 2 N–H and O–H groups in total. The Morgan fingerprint density at radius 3 is 2.88 bits per heavy atom. The predicted octanol–water partition coefficient (Wildman–Crippen LogP) is 0.889. The molecule has 0 saturated heterocycles. The monoisotopic (exact) mass is 233 g/mol. The van der Waals surface area contributed by atoms with E-state index in [0.717, 1.165) is 5.56 Å². The van der Waals surface area contributed by atoms with Crippen molar-refractivity contribution in [3.05, 3.63) is 64.1 Å². The zero-order valence-corrected chi connectivity index (χ0v) is 9.14. The molecule has 4 nitrogen and oxygen atoms in total. The molecule has 2 rings (SSSR count). The molecule has 0 radical (unpaired) electrons. The molecular weight excluding hydrogens is 221 g/mol. The molecule has 0 aliphatic rings. The highest BCUT2D eigenvalue weighted by Crippen LogP contribution is 2.10. The van der Waals surface area contributed by atoms with E-state index in [2.05, 4.69) is 4.98 Å². The summed E-state index contributed by atoms with van der Waals surface area (Å²) in [6.07, 6.45) is 2.98. The maximum absolute atomic E-state index is 13.7. The summed E-state index contributed by atoms with van der Waals surface area (Å²) < 4.78 is 15.0. The zero-order valence-electron chi connectivity index (χ0n) is 9.14. The van der Waals surface area contributed by atoms with E-state index >= 15 is 0 Å². The van der Waals surface area contributed by atoms with E-state index in [1.165, 1.54) is 16.8 Å². The van der Waals surface area contributed by atoms with E-state index in [4.69, 9.17) is 5.73 Å². The lowest BCUT2D eigenvalue weighted by Gasteiger charge is -2.07. The third-order valence-electron chi connectivity index (χ3n) is 2.48. The summed E-state index contributed by atoms with van der Waals surface area (Å²) in [6, 6.07) is 6.40. The first kappa shape index (κ1) is 11.5. The number of halogens is 1. The van der Waals surface area contributed by atoms with Crippen LogP contribution >= 0.6 is 0 Å². The van der Waals surface area contributed by atoms with Gasteiger partial charge in [0.05, 0.1) is 6.54 Å². The molecule has 0 aliphatic carbocycles. The van der Waals surface area contributed by atoms with Gasteiger partial charge in [-0.25, -0.2) is 14.2 Å². The van der Waals surface area contributed by atoms with Gasteiger partial charge in [-0.2, -0.15) is 0 Å². The van der Waals surface area contributed by atoms with Crippen molar-refractivity contribution in [1.29, 1.82) is 0 Å². The highest BCUT2D eigenvalue weighted by molar-refractivity contribution is 5.24. The Bertz CT molecular complexity index is 580. The van der Waals surface area contributed by atoms with Crippen molar-refractivity contribution in [1.82, 2.24) is 9.55 Å². The molecule has 1 aromatic heterocycles. The van der Waals surface area contributed by atoms with Gasteiger partial charge in [-0.05, 0) is 17.7 Å². The van der Waals surface area contributed by atoms with E-state index in [-0.39, 0.29) is 12.4 Å². The smallest absolute Gasteiger partial charge is 0.326 e. The zero-order chi connectivity index (χ0) is 12.3. The van der Waals surface area contributed by atoms with Gasteiger partial charge in [0.25, 0.3) is 0 Å². The van der Waals surface area contributed by atoms with Crippen molar-refractivity contribution in [3.63, 3.8) is 0 Å². The standard InChI is InChI=1S/C12H12FN3O/c13-11-6-9(7-14)2-3-10(11)8-16-5-1-4-15-12(16)17/h1-6H,7-8,14H2. The Kier molecular flexibility index (Phi) is 3.30. The van der Waals surface area contributed by atoms with Crippen LogP contribution in [-0.4, -0.2) is 9.55 Å². The minimum Gasteiger partial charge on any atom is -0.326 e. The average Bonchev–Trinajstić information content (AvgIpc) is 2.34. The molecule has 17 heavy (non-hydrogen) atoms. The van der Waals surface area contributed by atoms with Crippen LogP contribution in [0.25, 0.3) is 0 Å². The number of benzene rings is 1. The van der Waals surface area contributed by atoms with Crippen LogP contribution in [0.2, 0.25) is 0 Å². The third kappa shape index (κ3) is 2.57. The quantitative estimate of drug-likeness (QED) is 0.856. The van der Waals surface area contributed by atoms with Gasteiger partial charge in [0, 0.05) is 24.5 Å². The molecular formula is C12H12FN3O. The molecule has 0 fully saturated rings. The molecule has 0 spiro atoms. The lowest BCUT2D eigenvalue weighted by Crippen LogP contribution is -2.22. The van der Waals surface area contributed by atoms with Crippen LogP contribution in [0.3, 0.4) is 0 Å². The Morgan fingerprint density at radius 2 is 2.24 bits per heavy atom. The van der Waals surface area contributed by atoms with E-state index in [1.807, 2.05) is 0 Å². The summed E-state index contributed by atoms with van der Waals surface area (Å²) in [6.45, 7) is 0.466. The van der Waals surface area contributed by atoms with E-state index in [9.17, 15) is 9.18 Å². The lowest BCUT2D eigenvalue weighted by molar-refractivity contribution is 0.591. The van der Waals surface area contributed by atoms with Gasteiger partial charge >= 0.3 is 5.69 Å². The summed E-state index contributed by atoms with van der Waals surface area (Å²) in [5, 5.41) is 0. The van der Waals surface area contributed by atoms with Crippen LogP contribution in [0.4, 0.5) is 4.39 Å². The SMILES string of the molecule is NCc1ccc(Cn2cccnc2=O)c(F)c1. The Labute approximate surface area is 97.5 Å². The van der Waals surface area contributed by atoms with Gasteiger partial charge in [0.2, 0.25) is 0 Å². The topological polar surface area (TPSA) is 60.9 Å². The van der Waals surface area contributed by atoms with Crippen molar-refractivity contribution in [2.24, 2.45) is 5.73 Å². The number of hydrogen-bond donors (Lipinski definition) is 1. The third-order valence-corrected chi connectivity index (χ3v) is 2.48. The molecule has 0 saturated carbocycles. The second-order valence-corrected chi connectivity index (χ2v) is 3.66. The van der Waals surface area contributed by atoms with Crippen LogP contribution in [0.15, 0.2) is 41.5 Å². The summed E-state index contributed by atoms with van der Waals surface area (Å²) in [4.78, 5) is 15.0.